The minimum atomic E-state index is -3.60. The molecule has 0 bridgehead atoms. The van der Waals surface area contributed by atoms with Crippen LogP contribution in [0.1, 0.15) is 5.56 Å². The number of anilines is 1. The fourth-order valence-corrected chi connectivity index (χ4v) is 2.66. The molecule has 18 heavy (non-hydrogen) atoms. The summed E-state index contributed by atoms with van der Waals surface area (Å²) in [6.07, 6.45) is 3.22. The van der Waals surface area contributed by atoms with Crippen molar-refractivity contribution in [3.63, 3.8) is 0 Å². The van der Waals surface area contributed by atoms with Crippen molar-refractivity contribution >= 4 is 27.3 Å². The lowest BCUT2D eigenvalue weighted by molar-refractivity contribution is 0.420. The van der Waals surface area contributed by atoms with E-state index in [4.69, 9.17) is 11.6 Å². The highest BCUT2D eigenvalue weighted by Gasteiger charge is 2.14. The van der Waals surface area contributed by atoms with E-state index in [0.717, 1.165) is 5.56 Å². The topological polar surface area (TPSA) is 72.2 Å². The third kappa shape index (κ3) is 3.02. The molecule has 0 saturated carbocycles. The second-order valence-corrected chi connectivity index (χ2v) is 5.66. The van der Waals surface area contributed by atoms with Gasteiger partial charge in [0.2, 0.25) is 0 Å². The van der Waals surface area contributed by atoms with Gasteiger partial charge in [0.05, 0.1) is 11.1 Å². The zero-order chi connectivity index (χ0) is 13.0. The fourth-order valence-electron chi connectivity index (χ4n) is 1.41. The number of rotatable bonds is 5. The SMILES string of the molecule is O=S(=O)(Nc1cnoc1)c1ccc(CCCl)cc1. The van der Waals surface area contributed by atoms with Crippen molar-refractivity contribution in [3.05, 3.63) is 42.3 Å². The van der Waals surface area contributed by atoms with Crippen LogP contribution >= 0.6 is 11.6 Å². The molecule has 1 aromatic carbocycles. The van der Waals surface area contributed by atoms with E-state index in [2.05, 4.69) is 14.4 Å². The number of hydrogen-bond donors (Lipinski definition) is 1. The zero-order valence-corrected chi connectivity index (χ0v) is 10.9. The molecule has 1 aromatic heterocycles. The number of benzene rings is 1. The average molecular weight is 287 g/mol. The van der Waals surface area contributed by atoms with Gasteiger partial charge in [0, 0.05) is 5.88 Å². The number of hydrogen-bond acceptors (Lipinski definition) is 4. The van der Waals surface area contributed by atoms with Gasteiger partial charge in [-0.05, 0) is 24.1 Å². The van der Waals surface area contributed by atoms with E-state index < -0.39 is 10.0 Å². The molecule has 0 atom stereocenters. The van der Waals surface area contributed by atoms with Gasteiger partial charge >= 0.3 is 0 Å². The average Bonchev–Trinajstić information content (AvgIpc) is 2.82. The van der Waals surface area contributed by atoms with Crippen LogP contribution in [0.25, 0.3) is 0 Å². The van der Waals surface area contributed by atoms with Crippen LogP contribution in [-0.2, 0) is 16.4 Å². The molecule has 7 heteroatoms. The molecule has 0 saturated heterocycles. The Bertz CT molecular complexity index is 594. The first-order valence-electron chi connectivity index (χ1n) is 5.19. The Hall–Kier alpha value is -1.53. The second kappa shape index (κ2) is 5.41. The molecule has 2 rings (SSSR count). The van der Waals surface area contributed by atoms with Crippen LogP contribution in [0.4, 0.5) is 5.69 Å². The number of aryl methyl sites for hydroxylation is 1. The third-order valence-electron chi connectivity index (χ3n) is 2.30. The van der Waals surface area contributed by atoms with Gasteiger partial charge in [0.1, 0.15) is 12.0 Å². The molecule has 0 aliphatic carbocycles. The highest BCUT2D eigenvalue weighted by Crippen LogP contribution is 2.16. The Morgan fingerprint density at radius 2 is 2.00 bits per heavy atom. The maximum Gasteiger partial charge on any atom is 0.262 e. The van der Waals surface area contributed by atoms with Crippen molar-refractivity contribution in [1.29, 1.82) is 0 Å². The van der Waals surface area contributed by atoms with Gasteiger partial charge in [0.15, 0.2) is 0 Å². The van der Waals surface area contributed by atoms with Gasteiger partial charge in [-0.25, -0.2) is 8.42 Å². The molecule has 0 aliphatic rings. The van der Waals surface area contributed by atoms with Crippen molar-refractivity contribution in [2.45, 2.75) is 11.3 Å². The van der Waals surface area contributed by atoms with Crippen molar-refractivity contribution in [3.8, 4) is 0 Å². The highest BCUT2D eigenvalue weighted by molar-refractivity contribution is 7.92. The largest absolute Gasteiger partial charge is 0.362 e. The number of alkyl halides is 1. The quantitative estimate of drug-likeness (QED) is 0.856. The van der Waals surface area contributed by atoms with E-state index in [-0.39, 0.29) is 4.90 Å². The molecule has 0 spiro atoms. The molecular formula is C11H11ClN2O3S. The smallest absolute Gasteiger partial charge is 0.262 e. The zero-order valence-electron chi connectivity index (χ0n) is 9.34. The van der Waals surface area contributed by atoms with Crippen molar-refractivity contribution in [1.82, 2.24) is 5.16 Å². The molecule has 0 fully saturated rings. The van der Waals surface area contributed by atoms with Gasteiger partial charge in [-0.3, -0.25) is 4.72 Å². The van der Waals surface area contributed by atoms with E-state index >= 15 is 0 Å². The first-order chi connectivity index (χ1) is 8.62. The molecule has 0 aliphatic heterocycles. The van der Waals surface area contributed by atoms with Crippen LogP contribution in [0.5, 0.6) is 0 Å². The summed E-state index contributed by atoms with van der Waals surface area (Å²) in [6, 6.07) is 6.56. The van der Waals surface area contributed by atoms with Crippen LogP contribution in [0, 0.1) is 0 Å². The molecule has 96 valence electrons. The second-order valence-electron chi connectivity index (χ2n) is 3.60. The Balaban J connectivity index is 2.19. The summed E-state index contributed by atoms with van der Waals surface area (Å²) in [4.78, 5) is 0.182. The molecule has 0 unspecified atom stereocenters. The first kappa shape index (κ1) is 12.9. The van der Waals surface area contributed by atoms with Gasteiger partial charge in [-0.1, -0.05) is 17.3 Å². The molecule has 0 amide bonds. The summed E-state index contributed by atoms with van der Waals surface area (Å²) in [7, 11) is -3.60. The Morgan fingerprint density at radius 1 is 1.28 bits per heavy atom. The van der Waals surface area contributed by atoms with E-state index in [0.29, 0.717) is 18.0 Å². The van der Waals surface area contributed by atoms with E-state index in [1.54, 1.807) is 12.1 Å². The van der Waals surface area contributed by atoms with Crippen LogP contribution in [0.3, 0.4) is 0 Å². The lowest BCUT2D eigenvalue weighted by Gasteiger charge is -2.06. The summed E-state index contributed by atoms with van der Waals surface area (Å²) in [5.41, 5.74) is 1.29. The molecule has 1 heterocycles. The molecule has 1 N–H and O–H groups in total. The number of aromatic nitrogens is 1. The van der Waals surface area contributed by atoms with Gasteiger partial charge < -0.3 is 4.52 Å². The van der Waals surface area contributed by atoms with Crippen molar-refractivity contribution in [2.75, 3.05) is 10.6 Å². The summed E-state index contributed by atoms with van der Waals surface area (Å²) in [6.45, 7) is 0. The van der Waals surface area contributed by atoms with Crippen LogP contribution in [0.15, 0.2) is 46.1 Å². The number of nitrogens with zero attached hydrogens (tertiary/aromatic N) is 1. The molecule has 0 radical (unpaired) electrons. The highest BCUT2D eigenvalue weighted by atomic mass is 35.5. The van der Waals surface area contributed by atoms with Crippen LogP contribution < -0.4 is 4.72 Å². The maximum atomic E-state index is 12.0. The van der Waals surface area contributed by atoms with E-state index in [1.165, 1.54) is 24.6 Å². The first-order valence-corrected chi connectivity index (χ1v) is 7.21. The normalized spacial score (nSPS) is 11.4. The molecule has 2 aromatic rings. The van der Waals surface area contributed by atoms with Gasteiger partial charge in [-0.15, -0.1) is 11.6 Å². The fraction of sp³-hybridized carbons (Fsp3) is 0.182. The van der Waals surface area contributed by atoms with E-state index in [9.17, 15) is 8.42 Å². The lowest BCUT2D eigenvalue weighted by Crippen LogP contribution is -2.12. The summed E-state index contributed by atoms with van der Waals surface area (Å²) < 4.78 is 30.8. The molecule has 5 nitrogen and oxygen atoms in total. The van der Waals surface area contributed by atoms with Crippen LogP contribution in [-0.4, -0.2) is 19.5 Å². The summed E-state index contributed by atoms with van der Waals surface area (Å²) >= 11 is 5.61. The number of nitrogens with one attached hydrogen (secondary N) is 1. The predicted molar refractivity (Wildman–Crippen MR) is 68.2 cm³/mol. The monoisotopic (exact) mass is 286 g/mol. The van der Waals surface area contributed by atoms with Gasteiger partial charge in [0.25, 0.3) is 10.0 Å². The summed E-state index contributed by atoms with van der Waals surface area (Å²) in [5, 5.41) is 3.42. The van der Waals surface area contributed by atoms with Crippen molar-refractivity contribution < 1.29 is 12.9 Å². The third-order valence-corrected chi connectivity index (χ3v) is 3.89. The van der Waals surface area contributed by atoms with Gasteiger partial charge in [-0.2, -0.15) is 0 Å². The van der Waals surface area contributed by atoms with Crippen molar-refractivity contribution in [2.24, 2.45) is 0 Å². The standard InChI is InChI=1S/C11H11ClN2O3S/c12-6-5-9-1-3-11(4-2-9)18(15,16)14-10-7-13-17-8-10/h1-4,7-8,14H,5-6H2. The maximum absolute atomic E-state index is 12.0. The lowest BCUT2D eigenvalue weighted by atomic mass is 10.2. The number of halogens is 1. The Morgan fingerprint density at radius 3 is 2.56 bits per heavy atom. The minimum Gasteiger partial charge on any atom is -0.362 e. The van der Waals surface area contributed by atoms with E-state index in [1.807, 2.05) is 0 Å². The minimum absolute atomic E-state index is 0.182. The molecular weight excluding hydrogens is 276 g/mol. The Labute approximate surface area is 110 Å². The summed E-state index contributed by atoms with van der Waals surface area (Å²) in [5.74, 6) is 0.505. The Kier molecular flexibility index (Phi) is 3.88. The number of sulfonamides is 1. The predicted octanol–water partition coefficient (Wildman–Crippen LogP) is 2.26. The van der Waals surface area contributed by atoms with Crippen LogP contribution in [0.2, 0.25) is 0 Å².